The second-order valence-electron chi connectivity index (χ2n) is 12.5. The zero-order chi connectivity index (χ0) is 30.6. The number of fused-ring (bicyclic) bond motifs is 2. The summed E-state index contributed by atoms with van der Waals surface area (Å²) >= 11 is 0. The molecule has 3 heterocycles. The summed E-state index contributed by atoms with van der Waals surface area (Å²) in [4.78, 5) is 48.0. The number of Topliss-reactive ketones (excluding diaryl/α,β-unsaturated/α-hetero) is 2. The summed E-state index contributed by atoms with van der Waals surface area (Å²) in [5.41, 5.74) is 0.127. The molecule has 1 aromatic rings. The van der Waals surface area contributed by atoms with Crippen molar-refractivity contribution in [2.45, 2.75) is 89.2 Å². The van der Waals surface area contributed by atoms with Crippen molar-refractivity contribution < 1.29 is 29.3 Å². The molecule has 8 atom stereocenters. The van der Waals surface area contributed by atoms with E-state index < -0.39 is 47.3 Å². The largest absolute Gasteiger partial charge is 0.439 e. The van der Waals surface area contributed by atoms with Gasteiger partial charge in [0.15, 0.2) is 6.10 Å². The third-order valence-corrected chi connectivity index (χ3v) is 9.07. The van der Waals surface area contributed by atoms with Crippen molar-refractivity contribution in [3.05, 3.63) is 66.0 Å². The van der Waals surface area contributed by atoms with Crippen LogP contribution in [0.4, 0.5) is 4.79 Å². The first-order valence-corrected chi connectivity index (χ1v) is 15.0. The maximum Gasteiger partial charge on any atom is 0.410 e. The number of piperazine rings is 1. The van der Waals surface area contributed by atoms with Crippen molar-refractivity contribution in [2.75, 3.05) is 20.1 Å². The maximum absolute atomic E-state index is 13.4. The van der Waals surface area contributed by atoms with Crippen LogP contribution in [-0.2, 0) is 14.3 Å². The number of ketones is 2. The average molecular weight is 580 g/mol. The minimum absolute atomic E-state index is 0.0558. The molecule has 1 aromatic heterocycles. The van der Waals surface area contributed by atoms with Crippen LogP contribution >= 0.6 is 0 Å². The average Bonchev–Trinajstić information content (AvgIpc) is 3.54. The number of hydrogen-bond donors (Lipinski definition) is 2. The molecular formula is C33H45N3O6. The van der Waals surface area contributed by atoms with E-state index in [1.54, 1.807) is 30.2 Å². The zero-order valence-corrected chi connectivity index (χ0v) is 25.3. The Bertz CT molecular complexity index is 1220. The lowest BCUT2D eigenvalue weighted by molar-refractivity contribution is -0.140. The highest BCUT2D eigenvalue weighted by Gasteiger charge is 2.46. The summed E-state index contributed by atoms with van der Waals surface area (Å²) in [7, 11) is 2.05. The number of ether oxygens (including phenoxy) is 1. The van der Waals surface area contributed by atoms with Crippen molar-refractivity contribution in [2.24, 2.45) is 11.8 Å². The Morgan fingerprint density at radius 1 is 1.21 bits per heavy atom. The molecule has 3 aliphatic rings. The van der Waals surface area contributed by atoms with Gasteiger partial charge in [0.05, 0.1) is 12.0 Å². The van der Waals surface area contributed by atoms with Gasteiger partial charge in [0.25, 0.3) is 0 Å². The summed E-state index contributed by atoms with van der Waals surface area (Å²) in [6.45, 7) is 8.62. The number of amides is 1. The predicted molar refractivity (Wildman–Crippen MR) is 160 cm³/mol. The molecule has 0 aromatic carbocycles. The highest BCUT2D eigenvalue weighted by molar-refractivity contribution is 6.38. The van der Waals surface area contributed by atoms with Crippen LogP contribution in [0.3, 0.4) is 0 Å². The molecule has 2 bridgehead atoms. The van der Waals surface area contributed by atoms with Crippen molar-refractivity contribution in [1.82, 2.24) is 14.8 Å². The van der Waals surface area contributed by atoms with Gasteiger partial charge in [-0.15, -0.1) is 0 Å². The molecule has 2 fully saturated rings. The molecule has 2 aliphatic heterocycles. The Hall–Kier alpha value is -3.14. The van der Waals surface area contributed by atoms with E-state index in [-0.39, 0.29) is 31.2 Å². The summed E-state index contributed by atoms with van der Waals surface area (Å²) in [6.07, 6.45) is 8.98. The van der Waals surface area contributed by atoms with Crippen LogP contribution in [0.15, 0.2) is 60.3 Å². The Morgan fingerprint density at radius 3 is 2.62 bits per heavy atom. The smallest absolute Gasteiger partial charge is 0.410 e. The lowest BCUT2D eigenvalue weighted by Gasteiger charge is -2.36. The van der Waals surface area contributed by atoms with E-state index in [0.717, 1.165) is 18.7 Å². The number of aliphatic hydroxyl groups excluding tert-OH is 1. The van der Waals surface area contributed by atoms with Crippen LogP contribution in [0.5, 0.6) is 0 Å². The van der Waals surface area contributed by atoms with Crippen LogP contribution < -0.4 is 0 Å². The van der Waals surface area contributed by atoms with E-state index in [1.807, 2.05) is 57.2 Å². The number of hydrogen-bond acceptors (Lipinski definition) is 8. The third kappa shape index (κ3) is 7.43. The fraction of sp³-hybridized carbons (Fsp3) is 0.576. The molecule has 0 saturated carbocycles. The number of allylic oxidation sites excluding steroid dienone is 5. The van der Waals surface area contributed by atoms with Crippen LogP contribution in [-0.4, -0.2) is 92.7 Å². The third-order valence-electron chi connectivity index (χ3n) is 9.07. The minimum atomic E-state index is -1.49. The van der Waals surface area contributed by atoms with Crippen LogP contribution in [0, 0.1) is 11.8 Å². The molecular weight excluding hydrogens is 534 g/mol. The standard InChI is InChI=1S/C33H45N3O6/c1-21(27-11-6-7-16-34-27)9-8-10-22(2)30-23(3)12-13-29(33(4,41)15-14-26(37)18-28(38)31(30)39)42-32(40)36-20-24-17-25(36)19-35(24)5/h6-13,16,21,23-26,29-30,37,41H,14-15,17-20H2,1-5H3/b9-8+,13-12+,22-10+/t21-,23-,24-,25+,26+,29+,30+,33-/m1/s1. The summed E-state index contributed by atoms with van der Waals surface area (Å²) in [6, 6.07) is 6.14. The number of pyridine rings is 1. The van der Waals surface area contributed by atoms with E-state index in [0.29, 0.717) is 18.2 Å². The SMILES string of the molecule is C/C(=C\C=C\[C@@H](C)c1ccccn1)[C@@H]1C(=O)C(=O)C[C@@H](O)CC[C@@](C)(O)[C@@H](OC(=O)N2C[C@H]3C[C@H]2CN3C)/C=C/[C@H]1C. The van der Waals surface area contributed by atoms with Crippen molar-refractivity contribution in [3.8, 4) is 0 Å². The van der Waals surface area contributed by atoms with Crippen LogP contribution in [0.2, 0.25) is 0 Å². The molecule has 1 aliphatic carbocycles. The zero-order valence-electron chi connectivity index (χ0n) is 25.3. The van der Waals surface area contributed by atoms with Gasteiger partial charge in [0.1, 0.15) is 5.60 Å². The van der Waals surface area contributed by atoms with Gasteiger partial charge >= 0.3 is 6.09 Å². The highest BCUT2D eigenvalue weighted by Crippen LogP contribution is 2.32. The fourth-order valence-electron chi connectivity index (χ4n) is 6.30. The normalized spacial score (nSPS) is 34.7. The first-order valence-electron chi connectivity index (χ1n) is 15.0. The lowest BCUT2D eigenvalue weighted by Crippen LogP contribution is -2.50. The van der Waals surface area contributed by atoms with Gasteiger partial charge in [-0.3, -0.25) is 19.5 Å². The molecule has 228 valence electrons. The van der Waals surface area contributed by atoms with Crippen molar-refractivity contribution >= 4 is 17.7 Å². The van der Waals surface area contributed by atoms with E-state index in [2.05, 4.69) is 16.9 Å². The number of nitrogens with zero attached hydrogens (tertiary/aromatic N) is 3. The molecule has 0 spiro atoms. The monoisotopic (exact) mass is 579 g/mol. The topological polar surface area (TPSA) is 120 Å². The van der Waals surface area contributed by atoms with Crippen molar-refractivity contribution in [1.29, 1.82) is 0 Å². The van der Waals surface area contributed by atoms with Gasteiger partial charge in [-0.05, 0) is 64.3 Å². The van der Waals surface area contributed by atoms with Gasteiger partial charge in [0.2, 0.25) is 11.6 Å². The number of aromatic nitrogens is 1. The number of likely N-dealkylation sites (N-methyl/N-ethyl adjacent to an activating group) is 1. The van der Waals surface area contributed by atoms with Gasteiger partial charge < -0.3 is 19.8 Å². The van der Waals surface area contributed by atoms with E-state index in [9.17, 15) is 24.6 Å². The Kier molecular flexibility index (Phi) is 10.2. The first kappa shape index (κ1) is 31.8. The second-order valence-corrected chi connectivity index (χ2v) is 12.5. The quantitative estimate of drug-likeness (QED) is 0.307. The molecule has 4 rings (SSSR count). The maximum atomic E-state index is 13.4. The number of aliphatic hydroxyl groups is 2. The van der Waals surface area contributed by atoms with Gasteiger partial charge in [-0.2, -0.15) is 0 Å². The van der Waals surface area contributed by atoms with Crippen molar-refractivity contribution in [3.63, 3.8) is 0 Å². The Labute approximate surface area is 248 Å². The number of rotatable bonds is 5. The van der Waals surface area contributed by atoms with Crippen LogP contribution in [0.25, 0.3) is 0 Å². The number of carbonyl (C=O) groups excluding carboxylic acids is 3. The van der Waals surface area contributed by atoms with E-state index in [4.69, 9.17) is 4.74 Å². The second kappa shape index (κ2) is 13.4. The number of likely N-dealkylation sites (tertiary alicyclic amines) is 2. The van der Waals surface area contributed by atoms with Gasteiger partial charge in [-0.25, -0.2) is 4.79 Å². The van der Waals surface area contributed by atoms with Gasteiger partial charge in [-0.1, -0.05) is 49.8 Å². The molecule has 2 N–H and O–H groups in total. The Balaban J connectivity index is 1.57. The molecule has 1 amide bonds. The fourth-order valence-corrected chi connectivity index (χ4v) is 6.30. The molecule has 42 heavy (non-hydrogen) atoms. The first-order chi connectivity index (χ1) is 19.9. The molecule has 0 radical (unpaired) electrons. The van der Waals surface area contributed by atoms with E-state index in [1.165, 1.54) is 0 Å². The summed E-state index contributed by atoms with van der Waals surface area (Å²) < 4.78 is 5.91. The summed E-state index contributed by atoms with van der Waals surface area (Å²) in [5.74, 6) is -2.36. The number of carbonyl (C=O) groups is 3. The minimum Gasteiger partial charge on any atom is -0.439 e. The summed E-state index contributed by atoms with van der Waals surface area (Å²) in [5, 5.41) is 22.0. The highest BCUT2D eigenvalue weighted by atomic mass is 16.6. The molecule has 2 saturated heterocycles. The molecule has 9 heteroatoms. The van der Waals surface area contributed by atoms with Crippen LogP contribution in [0.1, 0.15) is 65.0 Å². The molecule has 9 nitrogen and oxygen atoms in total. The Morgan fingerprint density at radius 2 is 1.98 bits per heavy atom. The molecule has 0 unspecified atom stereocenters. The van der Waals surface area contributed by atoms with Gasteiger partial charge in [0, 0.05) is 49.4 Å². The van der Waals surface area contributed by atoms with E-state index >= 15 is 0 Å². The predicted octanol–water partition coefficient (Wildman–Crippen LogP) is 3.82. The lowest BCUT2D eigenvalue weighted by atomic mass is 9.79.